The highest BCUT2D eigenvalue weighted by molar-refractivity contribution is 5.30. The highest BCUT2D eigenvalue weighted by atomic mass is 16.5. The van der Waals surface area contributed by atoms with Crippen LogP contribution in [0.2, 0.25) is 0 Å². The summed E-state index contributed by atoms with van der Waals surface area (Å²) in [6.45, 7) is 4.18. The van der Waals surface area contributed by atoms with Crippen LogP contribution in [0.3, 0.4) is 0 Å². The smallest absolute Gasteiger partial charge is 0.119 e. The van der Waals surface area contributed by atoms with Gasteiger partial charge in [-0.15, -0.1) is 0 Å². The van der Waals surface area contributed by atoms with Crippen molar-refractivity contribution >= 4 is 0 Å². The first kappa shape index (κ1) is 15.0. The number of ether oxygens (including phenoxy) is 2. The molecule has 0 amide bonds. The predicted octanol–water partition coefficient (Wildman–Crippen LogP) is 1.74. The first-order valence-electron chi connectivity index (χ1n) is 6.37. The number of benzene rings is 1. The Balaban J connectivity index is 2.60. The van der Waals surface area contributed by atoms with Crippen LogP contribution in [0.25, 0.3) is 0 Å². The zero-order valence-corrected chi connectivity index (χ0v) is 11.2. The Hall–Kier alpha value is -1.10. The van der Waals surface area contributed by atoms with E-state index in [0.717, 1.165) is 17.7 Å². The van der Waals surface area contributed by atoms with Crippen LogP contribution >= 0.6 is 0 Å². The molecule has 0 bridgehead atoms. The fourth-order valence-electron chi connectivity index (χ4n) is 1.66. The molecule has 0 fully saturated rings. The van der Waals surface area contributed by atoms with Gasteiger partial charge in [0.1, 0.15) is 5.75 Å². The lowest BCUT2D eigenvalue weighted by Crippen LogP contribution is -2.27. The number of hydrogen-bond donors (Lipinski definition) is 2. The molecule has 0 heterocycles. The molecule has 18 heavy (non-hydrogen) atoms. The number of methoxy groups -OCH3 is 1. The van der Waals surface area contributed by atoms with Crippen molar-refractivity contribution in [2.75, 3.05) is 33.5 Å². The quantitative estimate of drug-likeness (QED) is 0.658. The summed E-state index contributed by atoms with van der Waals surface area (Å²) in [6, 6.07) is 7.75. The van der Waals surface area contributed by atoms with E-state index in [4.69, 9.17) is 9.47 Å². The summed E-state index contributed by atoms with van der Waals surface area (Å²) < 4.78 is 10.6. The predicted molar refractivity (Wildman–Crippen MR) is 71.9 cm³/mol. The maximum atomic E-state index is 9.40. The van der Waals surface area contributed by atoms with Gasteiger partial charge in [-0.2, -0.15) is 0 Å². The molecule has 102 valence electrons. The van der Waals surface area contributed by atoms with Crippen LogP contribution in [0.4, 0.5) is 0 Å². The zero-order valence-electron chi connectivity index (χ0n) is 11.2. The van der Waals surface area contributed by atoms with Crippen molar-refractivity contribution in [3.05, 3.63) is 29.8 Å². The lowest BCUT2D eigenvalue weighted by Gasteiger charge is -2.17. The molecule has 2 N–H and O–H groups in total. The largest absolute Gasteiger partial charge is 0.494 e. The van der Waals surface area contributed by atoms with E-state index < -0.39 is 0 Å². The second-order valence-corrected chi connectivity index (χ2v) is 4.10. The van der Waals surface area contributed by atoms with Gasteiger partial charge >= 0.3 is 0 Å². The Morgan fingerprint density at radius 1 is 1.33 bits per heavy atom. The van der Waals surface area contributed by atoms with Gasteiger partial charge in [-0.3, -0.25) is 0 Å². The molecule has 0 aliphatic rings. The lowest BCUT2D eigenvalue weighted by molar-refractivity contribution is 0.184. The summed E-state index contributed by atoms with van der Waals surface area (Å²) in [5.74, 6) is 0.848. The Morgan fingerprint density at radius 3 is 2.83 bits per heavy atom. The second kappa shape index (κ2) is 8.91. The van der Waals surface area contributed by atoms with Crippen LogP contribution in [0.15, 0.2) is 24.3 Å². The Morgan fingerprint density at radius 2 is 2.17 bits per heavy atom. The maximum Gasteiger partial charge on any atom is 0.119 e. The number of rotatable bonds is 9. The summed E-state index contributed by atoms with van der Waals surface area (Å²) in [6.07, 6.45) is 0.986. The highest BCUT2D eigenvalue weighted by Gasteiger charge is 2.10. The van der Waals surface area contributed by atoms with E-state index >= 15 is 0 Å². The third-order valence-corrected chi connectivity index (χ3v) is 2.61. The van der Waals surface area contributed by atoms with Gasteiger partial charge in [0.2, 0.25) is 0 Å². The normalized spacial score (nSPS) is 12.4. The molecule has 0 saturated carbocycles. The minimum atomic E-state index is -0.0784. The van der Waals surface area contributed by atoms with Crippen molar-refractivity contribution in [3.63, 3.8) is 0 Å². The van der Waals surface area contributed by atoms with Gasteiger partial charge in [0, 0.05) is 13.7 Å². The van der Waals surface area contributed by atoms with Crippen LogP contribution in [-0.4, -0.2) is 38.6 Å². The molecule has 0 radical (unpaired) electrons. The van der Waals surface area contributed by atoms with Gasteiger partial charge < -0.3 is 19.9 Å². The molecule has 1 aromatic carbocycles. The molecule has 1 aromatic rings. The van der Waals surface area contributed by atoms with Crippen molar-refractivity contribution in [1.82, 2.24) is 5.32 Å². The van der Waals surface area contributed by atoms with Gasteiger partial charge in [0.25, 0.3) is 0 Å². The maximum absolute atomic E-state index is 9.40. The van der Waals surface area contributed by atoms with E-state index in [1.807, 2.05) is 24.3 Å². The van der Waals surface area contributed by atoms with E-state index in [0.29, 0.717) is 19.8 Å². The van der Waals surface area contributed by atoms with Crippen molar-refractivity contribution in [2.24, 2.45) is 0 Å². The van der Waals surface area contributed by atoms with Gasteiger partial charge in [-0.25, -0.2) is 0 Å². The first-order valence-corrected chi connectivity index (χ1v) is 6.37. The van der Waals surface area contributed by atoms with Gasteiger partial charge in [-0.1, -0.05) is 19.1 Å². The molecule has 4 nitrogen and oxygen atoms in total. The Kier molecular flexibility index (Phi) is 7.41. The molecule has 1 atom stereocenters. The molecule has 0 aromatic heterocycles. The van der Waals surface area contributed by atoms with Crippen molar-refractivity contribution in [3.8, 4) is 5.75 Å². The average Bonchev–Trinajstić information content (AvgIpc) is 2.42. The van der Waals surface area contributed by atoms with E-state index in [1.165, 1.54) is 0 Å². The molecule has 0 saturated heterocycles. The standard InChI is InChI=1S/C14H23NO3/c1-3-8-18-13-6-4-5-12(10-13)14(11-16)15-7-9-17-2/h4-6,10,14-16H,3,7-9,11H2,1-2H3. The van der Waals surface area contributed by atoms with Crippen LogP contribution < -0.4 is 10.1 Å². The van der Waals surface area contributed by atoms with Crippen molar-refractivity contribution < 1.29 is 14.6 Å². The Bertz CT molecular complexity index is 331. The first-order chi connectivity index (χ1) is 8.81. The molecule has 0 spiro atoms. The minimum absolute atomic E-state index is 0.0565. The number of nitrogens with one attached hydrogen (secondary N) is 1. The summed E-state index contributed by atoms with van der Waals surface area (Å²) in [4.78, 5) is 0. The van der Waals surface area contributed by atoms with Crippen LogP contribution in [0.5, 0.6) is 5.75 Å². The van der Waals surface area contributed by atoms with Crippen molar-refractivity contribution in [2.45, 2.75) is 19.4 Å². The van der Waals surface area contributed by atoms with E-state index in [9.17, 15) is 5.11 Å². The van der Waals surface area contributed by atoms with Gasteiger partial charge in [0.05, 0.1) is 25.9 Å². The lowest BCUT2D eigenvalue weighted by atomic mass is 10.1. The second-order valence-electron chi connectivity index (χ2n) is 4.10. The average molecular weight is 253 g/mol. The summed E-state index contributed by atoms with van der Waals surface area (Å²) in [5, 5.41) is 12.6. The summed E-state index contributed by atoms with van der Waals surface area (Å²) in [7, 11) is 1.66. The van der Waals surface area contributed by atoms with Crippen molar-refractivity contribution in [1.29, 1.82) is 0 Å². The van der Waals surface area contributed by atoms with Gasteiger partial charge in [-0.05, 0) is 24.1 Å². The zero-order chi connectivity index (χ0) is 13.2. The molecule has 0 aliphatic heterocycles. The third-order valence-electron chi connectivity index (χ3n) is 2.61. The fourth-order valence-corrected chi connectivity index (χ4v) is 1.66. The van der Waals surface area contributed by atoms with Crippen LogP contribution in [-0.2, 0) is 4.74 Å². The van der Waals surface area contributed by atoms with Gasteiger partial charge in [0.15, 0.2) is 0 Å². The Labute approximate surface area is 109 Å². The molecule has 4 heteroatoms. The highest BCUT2D eigenvalue weighted by Crippen LogP contribution is 2.19. The van der Waals surface area contributed by atoms with E-state index in [-0.39, 0.29) is 12.6 Å². The van der Waals surface area contributed by atoms with E-state index in [2.05, 4.69) is 12.2 Å². The topological polar surface area (TPSA) is 50.7 Å². The molecular weight excluding hydrogens is 230 g/mol. The number of aliphatic hydroxyl groups excluding tert-OH is 1. The van der Waals surface area contributed by atoms with E-state index in [1.54, 1.807) is 7.11 Å². The van der Waals surface area contributed by atoms with Crippen LogP contribution in [0.1, 0.15) is 24.9 Å². The minimum Gasteiger partial charge on any atom is -0.494 e. The monoisotopic (exact) mass is 253 g/mol. The molecule has 1 rings (SSSR count). The third kappa shape index (κ3) is 5.04. The fraction of sp³-hybridized carbons (Fsp3) is 0.571. The molecule has 0 aliphatic carbocycles. The SMILES string of the molecule is CCCOc1cccc(C(CO)NCCOC)c1. The molecular formula is C14H23NO3. The summed E-state index contributed by atoms with van der Waals surface area (Å²) >= 11 is 0. The molecule has 1 unspecified atom stereocenters. The summed E-state index contributed by atoms with van der Waals surface area (Å²) in [5.41, 5.74) is 1.03. The number of aliphatic hydroxyl groups is 1. The number of hydrogen-bond acceptors (Lipinski definition) is 4. The van der Waals surface area contributed by atoms with Crippen LogP contribution in [0, 0.1) is 0 Å².